The van der Waals surface area contributed by atoms with Crippen LogP contribution in [0.15, 0.2) is 42.5 Å². The number of likely N-dealkylation sites (N-methyl/N-ethyl adjacent to an activating group) is 1. The number of hydrogen-bond acceptors (Lipinski definition) is 2. The molecule has 2 unspecified atom stereocenters. The molecule has 3 nitrogen and oxygen atoms in total. The Kier molecular flexibility index (Phi) is 5.18. The predicted molar refractivity (Wildman–Crippen MR) is 114 cm³/mol. The molecule has 3 heteroatoms. The first-order chi connectivity index (χ1) is 13.5. The highest BCUT2D eigenvalue weighted by Gasteiger charge is 2.38. The van der Waals surface area contributed by atoms with Gasteiger partial charge in [-0.2, -0.15) is 0 Å². The maximum absolute atomic E-state index is 12.3. The normalized spacial score (nSPS) is 24.2. The van der Waals surface area contributed by atoms with Crippen LogP contribution in [0.3, 0.4) is 0 Å². The summed E-state index contributed by atoms with van der Waals surface area (Å²) in [5.41, 5.74) is 4.85. The lowest BCUT2D eigenvalue weighted by Gasteiger charge is -2.29. The standard InChI is InChI=1S/C25H31NO2/c1-5-9-17(6-2)22-14-18-10-7-8-11-20(18)24(22)28-19-12-13-23-21(15-19)16(3)25(27)26(23)4/h7-8,10-13,15-17,22,24H,5-6,9,14H2,1-4H3/t16?,17?,22-,24+/m0/s1. The fourth-order valence-corrected chi connectivity index (χ4v) is 5.19. The maximum Gasteiger partial charge on any atom is 0.234 e. The van der Waals surface area contributed by atoms with Gasteiger partial charge in [-0.05, 0) is 54.2 Å². The van der Waals surface area contributed by atoms with Gasteiger partial charge in [0.25, 0.3) is 0 Å². The van der Waals surface area contributed by atoms with Crippen LogP contribution in [0, 0.1) is 11.8 Å². The Morgan fingerprint density at radius 1 is 1.14 bits per heavy atom. The largest absolute Gasteiger partial charge is 0.485 e. The molecule has 4 rings (SSSR count). The van der Waals surface area contributed by atoms with Crippen LogP contribution in [0.1, 0.15) is 68.7 Å². The van der Waals surface area contributed by atoms with E-state index in [1.54, 1.807) is 4.90 Å². The number of carbonyl (C=O) groups excluding carboxylic acids is 1. The van der Waals surface area contributed by atoms with Gasteiger partial charge in [0.1, 0.15) is 11.9 Å². The quantitative estimate of drug-likeness (QED) is 0.628. The Morgan fingerprint density at radius 2 is 1.93 bits per heavy atom. The number of rotatable bonds is 6. The SMILES string of the molecule is CCCC(CC)[C@@H]1Cc2ccccc2[C@H]1Oc1ccc2c(c1)C(C)C(=O)N2C. The summed E-state index contributed by atoms with van der Waals surface area (Å²) in [5, 5.41) is 0. The summed E-state index contributed by atoms with van der Waals surface area (Å²) in [6.45, 7) is 6.56. The summed E-state index contributed by atoms with van der Waals surface area (Å²) in [6.07, 6.45) is 4.84. The Labute approximate surface area is 168 Å². The Hall–Kier alpha value is -2.29. The van der Waals surface area contributed by atoms with Crippen LogP contribution in [-0.4, -0.2) is 13.0 Å². The second-order valence-electron chi connectivity index (χ2n) is 8.40. The molecule has 0 saturated carbocycles. The minimum Gasteiger partial charge on any atom is -0.485 e. The smallest absolute Gasteiger partial charge is 0.234 e. The number of fused-ring (bicyclic) bond motifs is 2. The summed E-state index contributed by atoms with van der Waals surface area (Å²) < 4.78 is 6.66. The number of anilines is 1. The number of nitrogens with zero attached hydrogens (tertiary/aromatic N) is 1. The zero-order valence-corrected chi connectivity index (χ0v) is 17.4. The van der Waals surface area contributed by atoms with E-state index in [-0.39, 0.29) is 17.9 Å². The molecule has 2 aromatic carbocycles. The first-order valence-corrected chi connectivity index (χ1v) is 10.7. The third-order valence-corrected chi connectivity index (χ3v) is 6.79. The molecule has 148 valence electrons. The molecule has 1 heterocycles. The van der Waals surface area contributed by atoms with Crippen LogP contribution in [0.4, 0.5) is 5.69 Å². The van der Waals surface area contributed by atoms with Gasteiger partial charge in [-0.3, -0.25) is 4.79 Å². The van der Waals surface area contributed by atoms with Crippen molar-refractivity contribution in [2.75, 3.05) is 11.9 Å². The van der Waals surface area contributed by atoms with Crippen molar-refractivity contribution in [1.29, 1.82) is 0 Å². The van der Waals surface area contributed by atoms with Gasteiger partial charge in [-0.15, -0.1) is 0 Å². The third-order valence-electron chi connectivity index (χ3n) is 6.79. The van der Waals surface area contributed by atoms with Crippen LogP contribution in [0.2, 0.25) is 0 Å². The third kappa shape index (κ3) is 3.11. The van der Waals surface area contributed by atoms with Gasteiger partial charge in [0.15, 0.2) is 0 Å². The number of benzene rings is 2. The lowest BCUT2D eigenvalue weighted by Crippen LogP contribution is -2.23. The van der Waals surface area contributed by atoms with Crippen molar-refractivity contribution >= 4 is 11.6 Å². The molecule has 4 atom stereocenters. The Bertz CT molecular complexity index is 875. The molecule has 0 bridgehead atoms. The molecule has 0 N–H and O–H groups in total. The molecule has 0 spiro atoms. The second-order valence-corrected chi connectivity index (χ2v) is 8.40. The van der Waals surface area contributed by atoms with Crippen molar-refractivity contribution in [2.45, 2.75) is 58.5 Å². The van der Waals surface area contributed by atoms with E-state index in [9.17, 15) is 4.79 Å². The lowest BCUT2D eigenvalue weighted by molar-refractivity contribution is -0.118. The molecule has 1 amide bonds. The predicted octanol–water partition coefficient (Wildman–Crippen LogP) is 5.89. The average molecular weight is 378 g/mol. The van der Waals surface area contributed by atoms with Crippen molar-refractivity contribution in [2.24, 2.45) is 11.8 Å². The van der Waals surface area contributed by atoms with Crippen molar-refractivity contribution in [3.63, 3.8) is 0 Å². The molecule has 2 aliphatic rings. The minimum atomic E-state index is -0.0984. The highest BCUT2D eigenvalue weighted by Crippen LogP contribution is 2.46. The van der Waals surface area contributed by atoms with Gasteiger partial charge in [-0.25, -0.2) is 0 Å². The maximum atomic E-state index is 12.3. The van der Waals surface area contributed by atoms with E-state index in [1.807, 2.05) is 26.1 Å². The Morgan fingerprint density at radius 3 is 2.68 bits per heavy atom. The zero-order valence-electron chi connectivity index (χ0n) is 17.4. The Balaban J connectivity index is 1.66. The molecule has 0 fully saturated rings. The number of hydrogen-bond donors (Lipinski definition) is 0. The lowest BCUT2D eigenvalue weighted by atomic mass is 9.83. The van der Waals surface area contributed by atoms with Crippen molar-refractivity contribution in [3.8, 4) is 5.75 Å². The second kappa shape index (κ2) is 7.62. The van der Waals surface area contributed by atoms with E-state index in [4.69, 9.17) is 4.74 Å². The summed E-state index contributed by atoms with van der Waals surface area (Å²) in [7, 11) is 1.85. The molecular weight excluding hydrogens is 346 g/mol. The van der Waals surface area contributed by atoms with E-state index in [1.165, 1.54) is 30.4 Å². The van der Waals surface area contributed by atoms with E-state index >= 15 is 0 Å². The summed E-state index contributed by atoms with van der Waals surface area (Å²) >= 11 is 0. The molecule has 0 saturated heterocycles. The van der Waals surface area contributed by atoms with Crippen LogP contribution in [0.5, 0.6) is 5.75 Å². The molecule has 0 aromatic heterocycles. The van der Waals surface area contributed by atoms with Gasteiger partial charge in [0.2, 0.25) is 5.91 Å². The van der Waals surface area contributed by atoms with Crippen molar-refractivity contribution < 1.29 is 9.53 Å². The minimum absolute atomic E-state index is 0.0934. The number of ether oxygens (including phenoxy) is 1. The highest BCUT2D eigenvalue weighted by atomic mass is 16.5. The van der Waals surface area contributed by atoms with Crippen LogP contribution in [0.25, 0.3) is 0 Å². The number of amides is 1. The summed E-state index contributed by atoms with van der Waals surface area (Å²) in [5.74, 6) is 2.12. The number of carbonyl (C=O) groups is 1. The topological polar surface area (TPSA) is 29.5 Å². The molecule has 1 aliphatic heterocycles. The molecule has 0 radical (unpaired) electrons. The zero-order chi connectivity index (χ0) is 19.8. The molecule has 28 heavy (non-hydrogen) atoms. The first-order valence-electron chi connectivity index (χ1n) is 10.7. The van der Waals surface area contributed by atoms with Crippen molar-refractivity contribution in [3.05, 3.63) is 59.2 Å². The van der Waals surface area contributed by atoms with Gasteiger partial charge in [0, 0.05) is 18.7 Å². The van der Waals surface area contributed by atoms with Gasteiger partial charge in [0.05, 0.1) is 5.92 Å². The monoisotopic (exact) mass is 377 g/mol. The van der Waals surface area contributed by atoms with Gasteiger partial charge < -0.3 is 9.64 Å². The van der Waals surface area contributed by atoms with E-state index in [2.05, 4.69) is 44.2 Å². The molecule has 1 aliphatic carbocycles. The van der Waals surface area contributed by atoms with E-state index in [0.29, 0.717) is 11.8 Å². The highest BCUT2D eigenvalue weighted by molar-refractivity contribution is 6.04. The molecule has 2 aromatic rings. The van der Waals surface area contributed by atoms with Gasteiger partial charge in [-0.1, -0.05) is 57.4 Å². The van der Waals surface area contributed by atoms with E-state index < -0.39 is 0 Å². The fourth-order valence-electron chi connectivity index (χ4n) is 5.19. The fraction of sp³-hybridized carbons (Fsp3) is 0.480. The van der Waals surface area contributed by atoms with Crippen LogP contribution >= 0.6 is 0 Å². The van der Waals surface area contributed by atoms with E-state index in [0.717, 1.165) is 23.4 Å². The van der Waals surface area contributed by atoms with Crippen LogP contribution in [-0.2, 0) is 11.2 Å². The summed E-state index contributed by atoms with van der Waals surface area (Å²) in [6, 6.07) is 14.9. The van der Waals surface area contributed by atoms with Crippen molar-refractivity contribution in [1.82, 2.24) is 0 Å². The van der Waals surface area contributed by atoms with Crippen LogP contribution < -0.4 is 9.64 Å². The summed E-state index contributed by atoms with van der Waals surface area (Å²) in [4.78, 5) is 14.1. The molecular formula is C25H31NO2. The average Bonchev–Trinajstić information content (AvgIpc) is 3.17. The first kappa shape index (κ1) is 19.0. The van der Waals surface area contributed by atoms with Gasteiger partial charge >= 0.3 is 0 Å².